The molecule has 0 radical (unpaired) electrons. The summed E-state index contributed by atoms with van der Waals surface area (Å²) in [6, 6.07) is 8.18. The van der Waals surface area contributed by atoms with Crippen molar-refractivity contribution in [1.29, 1.82) is 0 Å². The molecule has 4 rings (SSSR count). The van der Waals surface area contributed by atoms with Crippen molar-refractivity contribution in [2.75, 3.05) is 18.6 Å². The number of ether oxygens (including phenoxy) is 1. The average molecular weight is 306 g/mol. The maximum Gasteiger partial charge on any atom is 0.146 e. The van der Waals surface area contributed by atoms with E-state index in [0.717, 1.165) is 47.7 Å². The normalized spacial score (nSPS) is 13.9. The van der Waals surface area contributed by atoms with Gasteiger partial charge in [0.2, 0.25) is 0 Å². The molecular formula is C18H18N4O. The summed E-state index contributed by atoms with van der Waals surface area (Å²) in [5.41, 5.74) is 3.42. The molecule has 0 fully saturated rings. The molecule has 1 aliphatic heterocycles. The first-order valence-electron chi connectivity index (χ1n) is 7.79. The molecule has 0 bridgehead atoms. The van der Waals surface area contributed by atoms with Crippen molar-refractivity contribution in [3.8, 4) is 5.75 Å². The smallest absolute Gasteiger partial charge is 0.146 e. The molecule has 5 heteroatoms. The SMILES string of the molecule is COc1ccc2c(c1)CCCN2c1nc(C)nc2ccncc12. The topological polar surface area (TPSA) is 51.1 Å². The first-order chi connectivity index (χ1) is 11.3. The number of benzene rings is 1. The van der Waals surface area contributed by atoms with E-state index in [-0.39, 0.29) is 0 Å². The van der Waals surface area contributed by atoms with Gasteiger partial charge in [-0.2, -0.15) is 0 Å². The number of fused-ring (bicyclic) bond motifs is 2. The highest BCUT2D eigenvalue weighted by Gasteiger charge is 2.22. The van der Waals surface area contributed by atoms with E-state index in [9.17, 15) is 0 Å². The Morgan fingerprint density at radius 1 is 1.17 bits per heavy atom. The summed E-state index contributed by atoms with van der Waals surface area (Å²) in [6.45, 7) is 2.88. The van der Waals surface area contributed by atoms with Gasteiger partial charge in [0.25, 0.3) is 0 Å². The van der Waals surface area contributed by atoms with Gasteiger partial charge in [-0.3, -0.25) is 4.98 Å². The Kier molecular flexibility index (Phi) is 3.33. The molecule has 2 aromatic heterocycles. The van der Waals surface area contributed by atoms with Crippen LogP contribution in [0.3, 0.4) is 0 Å². The van der Waals surface area contributed by atoms with Crippen LogP contribution in [-0.2, 0) is 6.42 Å². The van der Waals surface area contributed by atoms with Crippen LogP contribution in [0.2, 0.25) is 0 Å². The van der Waals surface area contributed by atoms with Gasteiger partial charge in [0.05, 0.1) is 18.0 Å². The maximum atomic E-state index is 5.36. The zero-order chi connectivity index (χ0) is 15.8. The minimum absolute atomic E-state index is 0.777. The maximum absolute atomic E-state index is 5.36. The van der Waals surface area contributed by atoms with Crippen LogP contribution in [0.5, 0.6) is 5.75 Å². The second-order valence-corrected chi connectivity index (χ2v) is 5.74. The Morgan fingerprint density at radius 2 is 2.09 bits per heavy atom. The van der Waals surface area contributed by atoms with Gasteiger partial charge in [0, 0.05) is 24.6 Å². The van der Waals surface area contributed by atoms with E-state index in [0.29, 0.717) is 0 Å². The van der Waals surface area contributed by atoms with Crippen LogP contribution in [0.25, 0.3) is 10.9 Å². The molecule has 0 N–H and O–H groups in total. The molecule has 23 heavy (non-hydrogen) atoms. The van der Waals surface area contributed by atoms with Gasteiger partial charge in [-0.25, -0.2) is 9.97 Å². The molecule has 0 saturated heterocycles. The standard InChI is InChI=1S/C18H18N4O/c1-12-20-16-7-8-19-11-15(16)18(21-12)22-9-3-4-13-10-14(23-2)5-6-17(13)22/h5-8,10-11H,3-4,9H2,1-2H3. The van der Waals surface area contributed by atoms with E-state index >= 15 is 0 Å². The van der Waals surface area contributed by atoms with Crippen LogP contribution in [-0.4, -0.2) is 28.6 Å². The summed E-state index contributed by atoms with van der Waals surface area (Å²) in [7, 11) is 1.70. The fourth-order valence-electron chi connectivity index (χ4n) is 3.20. The number of hydrogen-bond acceptors (Lipinski definition) is 5. The predicted octanol–water partition coefficient (Wildman–Crippen LogP) is 3.43. The molecule has 0 atom stereocenters. The Morgan fingerprint density at radius 3 is 2.96 bits per heavy atom. The number of aromatic nitrogens is 3. The number of nitrogens with zero attached hydrogens (tertiary/aromatic N) is 4. The molecule has 0 unspecified atom stereocenters. The molecule has 116 valence electrons. The molecule has 0 saturated carbocycles. The number of methoxy groups -OCH3 is 1. The zero-order valence-electron chi connectivity index (χ0n) is 13.3. The Balaban J connectivity index is 1.90. The third-order valence-corrected chi connectivity index (χ3v) is 4.25. The first-order valence-corrected chi connectivity index (χ1v) is 7.79. The van der Waals surface area contributed by atoms with Crippen LogP contribution >= 0.6 is 0 Å². The number of rotatable bonds is 2. The fourth-order valence-corrected chi connectivity index (χ4v) is 3.20. The van der Waals surface area contributed by atoms with Crippen LogP contribution in [0, 0.1) is 6.92 Å². The predicted molar refractivity (Wildman–Crippen MR) is 90.4 cm³/mol. The van der Waals surface area contributed by atoms with Gasteiger partial charge in [-0.05, 0) is 49.6 Å². The molecule has 0 amide bonds. The van der Waals surface area contributed by atoms with E-state index in [1.807, 2.05) is 25.3 Å². The molecular weight excluding hydrogens is 288 g/mol. The van der Waals surface area contributed by atoms with Crippen molar-refractivity contribution in [3.63, 3.8) is 0 Å². The van der Waals surface area contributed by atoms with Gasteiger partial charge in [0.1, 0.15) is 17.4 Å². The lowest BCUT2D eigenvalue weighted by Crippen LogP contribution is -2.26. The third kappa shape index (κ3) is 2.38. The lowest BCUT2D eigenvalue weighted by Gasteiger charge is -2.31. The van der Waals surface area contributed by atoms with Crippen molar-refractivity contribution < 1.29 is 4.74 Å². The van der Waals surface area contributed by atoms with E-state index in [1.165, 1.54) is 11.3 Å². The summed E-state index contributed by atoms with van der Waals surface area (Å²) in [6.07, 6.45) is 5.77. The van der Waals surface area contributed by atoms with E-state index in [1.54, 1.807) is 13.3 Å². The van der Waals surface area contributed by atoms with Gasteiger partial charge in [-0.1, -0.05) is 0 Å². The summed E-state index contributed by atoms with van der Waals surface area (Å²) in [5, 5.41) is 0.988. The van der Waals surface area contributed by atoms with Crippen LogP contribution < -0.4 is 9.64 Å². The van der Waals surface area contributed by atoms with Crippen molar-refractivity contribution in [2.45, 2.75) is 19.8 Å². The zero-order valence-corrected chi connectivity index (χ0v) is 13.3. The number of pyridine rings is 1. The molecule has 1 aromatic carbocycles. The number of hydrogen-bond donors (Lipinski definition) is 0. The van der Waals surface area contributed by atoms with Crippen LogP contribution in [0.4, 0.5) is 11.5 Å². The lowest BCUT2D eigenvalue weighted by molar-refractivity contribution is 0.414. The van der Waals surface area contributed by atoms with Crippen molar-refractivity contribution in [3.05, 3.63) is 48.0 Å². The molecule has 3 aromatic rings. The summed E-state index contributed by atoms with van der Waals surface area (Å²) < 4.78 is 5.36. The number of aryl methyl sites for hydroxylation is 2. The Bertz CT molecular complexity index is 878. The number of anilines is 2. The molecule has 0 aliphatic carbocycles. The van der Waals surface area contributed by atoms with Crippen molar-refractivity contribution in [2.24, 2.45) is 0 Å². The van der Waals surface area contributed by atoms with E-state index in [2.05, 4.69) is 27.0 Å². The van der Waals surface area contributed by atoms with Crippen LogP contribution in [0.1, 0.15) is 17.8 Å². The largest absolute Gasteiger partial charge is 0.497 e. The summed E-state index contributed by atoms with van der Waals surface area (Å²) >= 11 is 0. The third-order valence-electron chi connectivity index (χ3n) is 4.25. The average Bonchev–Trinajstić information content (AvgIpc) is 2.60. The second-order valence-electron chi connectivity index (χ2n) is 5.74. The second kappa shape index (κ2) is 5.50. The Hall–Kier alpha value is -2.69. The summed E-state index contributed by atoms with van der Waals surface area (Å²) in [4.78, 5) is 15.8. The highest BCUT2D eigenvalue weighted by atomic mass is 16.5. The monoisotopic (exact) mass is 306 g/mol. The Labute approximate surface area is 135 Å². The van der Waals surface area contributed by atoms with Crippen molar-refractivity contribution in [1.82, 2.24) is 15.0 Å². The highest BCUT2D eigenvalue weighted by molar-refractivity contribution is 5.91. The van der Waals surface area contributed by atoms with Gasteiger partial charge >= 0.3 is 0 Å². The van der Waals surface area contributed by atoms with Gasteiger partial charge in [-0.15, -0.1) is 0 Å². The van der Waals surface area contributed by atoms with E-state index < -0.39 is 0 Å². The minimum Gasteiger partial charge on any atom is -0.497 e. The van der Waals surface area contributed by atoms with E-state index in [4.69, 9.17) is 9.72 Å². The first kappa shape index (κ1) is 13.9. The molecule has 1 aliphatic rings. The van der Waals surface area contributed by atoms with Crippen LogP contribution in [0.15, 0.2) is 36.7 Å². The molecule has 3 heterocycles. The van der Waals surface area contributed by atoms with Gasteiger partial charge in [0.15, 0.2) is 0 Å². The fraction of sp³-hybridized carbons (Fsp3) is 0.278. The lowest BCUT2D eigenvalue weighted by atomic mass is 10.0. The minimum atomic E-state index is 0.777. The highest BCUT2D eigenvalue weighted by Crippen LogP contribution is 2.37. The molecule has 5 nitrogen and oxygen atoms in total. The molecule has 0 spiro atoms. The summed E-state index contributed by atoms with van der Waals surface area (Å²) in [5.74, 6) is 2.61. The van der Waals surface area contributed by atoms with Crippen molar-refractivity contribution >= 4 is 22.4 Å². The van der Waals surface area contributed by atoms with Gasteiger partial charge < -0.3 is 9.64 Å². The quantitative estimate of drug-likeness (QED) is 0.726.